The van der Waals surface area contributed by atoms with E-state index in [1.165, 1.54) is 25.7 Å². The summed E-state index contributed by atoms with van der Waals surface area (Å²) in [6, 6.07) is 0.0349. The van der Waals surface area contributed by atoms with Crippen molar-refractivity contribution in [1.29, 1.82) is 0 Å². The number of hydrogen-bond donors (Lipinski definition) is 2. The lowest BCUT2D eigenvalue weighted by Gasteiger charge is -2.41. The van der Waals surface area contributed by atoms with E-state index in [2.05, 4.69) is 17.6 Å². The Morgan fingerprint density at radius 2 is 2.38 bits per heavy atom. The number of nitrogens with one attached hydrogen (secondary N) is 2. The first-order valence-corrected chi connectivity index (χ1v) is 7.50. The third-order valence-electron chi connectivity index (χ3n) is 4.04. The number of carbonyl (C=O) groups excluding carboxylic acids is 1. The molecule has 2 N–H and O–H groups in total. The molecule has 1 amide bonds. The molecule has 2 rings (SSSR count). The minimum absolute atomic E-state index is 0.0349. The molecule has 1 saturated carbocycles. The first kappa shape index (κ1) is 12.2. The number of rotatable bonds is 4. The summed E-state index contributed by atoms with van der Waals surface area (Å²) in [5.74, 6) is 2.25. The quantitative estimate of drug-likeness (QED) is 0.783. The summed E-state index contributed by atoms with van der Waals surface area (Å²) in [5, 5.41) is 6.41. The first-order chi connectivity index (χ1) is 7.76. The maximum absolute atomic E-state index is 11.9. The maximum Gasteiger partial charge on any atom is 0.238 e. The van der Waals surface area contributed by atoms with E-state index < -0.39 is 0 Å². The predicted octanol–water partition coefficient (Wildman–Crippen LogP) is 1.39. The van der Waals surface area contributed by atoms with Crippen LogP contribution in [0.4, 0.5) is 0 Å². The van der Waals surface area contributed by atoms with Gasteiger partial charge in [-0.05, 0) is 24.7 Å². The summed E-state index contributed by atoms with van der Waals surface area (Å²) in [6.45, 7) is 4.08. The van der Waals surface area contributed by atoms with Gasteiger partial charge in [-0.1, -0.05) is 13.3 Å². The molecule has 92 valence electrons. The fourth-order valence-corrected chi connectivity index (χ4v) is 3.40. The highest BCUT2D eigenvalue weighted by Crippen LogP contribution is 2.43. The molecule has 2 fully saturated rings. The molecule has 1 unspecified atom stereocenters. The van der Waals surface area contributed by atoms with E-state index in [1.54, 1.807) is 0 Å². The molecule has 1 aliphatic heterocycles. The van der Waals surface area contributed by atoms with Gasteiger partial charge >= 0.3 is 0 Å². The molecule has 0 spiro atoms. The smallest absolute Gasteiger partial charge is 0.238 e. The molecular weight excluding hydrogens is 220 g/mol. The summed E-state index contributed by atoms with van der Waals surface area (Å²) < 4.78 is 0. The molecule has 3 nitrogen and oxygen atoms in total. The van der Waals surface area contributed by atoms with Gasteiger partial charge in [0.05, 0.1) is 6.04 Å². The zero-order valence-corrected chi connectivity index (χ0v) is 10.9. The molecule has 16 heavy (non-hydrogen) atoms. The van der Waals surface area contributed by atoms with Crippen molar-refractivity contribution in [1.82, 2.24) is 10.6 Å². The third-order valence-corrected chi connectivity index (χ3v) is 5.10. The summed E-state index contributed by atoms with van der Waals surface area (Å²) in [4.78, 5) is 11.9. The standard InChI is InChI=1S/C12H22N2OS/c1-2-12(4-3-5-12)9-14-11(15)10-8-16-7-6-13-10/h10,13H,2-9H2,1H3,(H,14,15). The van der Waals surface area contributed by atoms with E-state index in [-0.39, 0.29) is 11.9 Å². The second-order valence-corrected chi connectivity index (χ2v) is 6.16. The van der Waals surface area contributed by atoms with Crippen molar-refractivity contribution < 1.29 is 4.79 Å². The van der Waals surface area contributed by atoms with Gasteiger partial charge in [-0.15, -0.1) is 0 Å². The molecule has 4 heteroatoms. The Kier molecular flexibility index (Phi) is 4.14. The van der Waals surface area contributed by atoms with Gasteiger partial charge in [-0.2, -0.15) is 11.8 Å². The monoisotopic (exact) mass is 242 g/mol. The molecule has 0 aromatic carbocycles. The van der Waals surface area contributed by atoms with E-state index in [1.807, 2.05) is 11.8 Å². The van der Waals surface area contributed by atoms with Crippen molar-refractivity contribution in [2.45, 2.75) is 38.6 Å². The molecule has 0 bridgehead atoms. The lowest BCUT2D eigenvalue weighted by atomic mass is 9.67. The van der Waals surface area contributed by atoms with Crippen molar-refractivity contribution in [3.05, 3.63) is 0 Å². The van der Waals surface area contributed by atoms with Gasteiger partial charge < -0.3 is 10.6 Å². The van der Waals surface area contributed by atoms with E-state index in [0.717, 1.165) is 24.6 Å². The van der Waals surface area contributed by atoms with E-state index in [4.69, 9.17) is 0 Å². The Balaban J connectivity index is 1.74. The second kappa shape index (κ2) is 5.41. The fourth-order valence-electron chi connectivity index (χ4n) is 2.46. The van der Waals surface area contributed by atoms with E-state index in [9.17, 15) is 4.79 Å². The molecule has 1 heterocycles. The summed E-state index contributed by atoms with van der Waals surface area (Å²) >= 11 is 1.87. The predicted molar refractivity (Wildman–Crippen MR) is 68.7 cm³/mol. The number of thioether (sulfide) groups is 1. The molecule has 0 aromatic rings. The molecule has 0 radical (unpaired) electrons. The Morgan fingerprint density at radius 1 is 1.56 bits per heavy atom. The van der Waals surface area contributed by atoms with Gasteiger partial charge in [0.15, 0.2) is 0 Å². The average molecular weight is 242 g/mol. The van der Waals surface area contributed by atoms with Gasteiger partial charge in [-0.3, -0.25) is 4.79 Å². The first-order valence-electron chi connectivity index (χ1n) is 6.35. The SMILES string of the molecule is CCC1(CNC(=O)C2CSCCN2)CCC1. The highest BCUT2D eigenvalue weighted by atomic mass is 32.2. The molecule has 1 saturated heterocycles. The summed E-state index contributed by atoms with van der Waals surface area (Å²) in [6.07, 6.45) is 5.11. The minimum Gasteiger partial charge on any atom is -0.354 e. The normalized spacial score (nSPS) is 28.2. The van der Waals surface area contributed by atoms with Crippen LogP contribution in [0.5, 0.6) is 0 Å². The lowest BCUT2D eigenvalue weighted by molar-refractivity contribution is -0.123. The van der Waals surface area contributed by atoms with Crippen LogP contribution < -0.4 is 10.6 Å². The third kappa shape index (κ3) is 2.72. The van der Waals surface area contributed by atoms with Crippen LogP contribution in [0.1, 0.15) is 32.6 Å². The lowest BCUT2D eigenvalue weighted by Crippen LogP contribution is -2.52. The Morgan fingerprint density at radius 3 is 2.88 bits per heavy atom. The highest BCUT2D eigenvalue weighted by molar-refractivity contribution is 7.99. The Bertz CT molecular complexity index is 242. The van der Waals surface area contributed by atoms with Gasteiger partial charge in [0, 0.05) is 24.6 Å². The zero-order chi connectivity index (χ0) is 11.4. The number of carbonyl (C=O) groups is 1. The maximum atomic E-state index is 11.9. The zero-order valence-electron chi connectivity index (χ0n) is 10.1. The van der Waals surface area contributed by atoms with E-state index in [0.29, 0.717) is 5.41 Å². The summed E-state index contributed by atoms with van der Waals surface area (Å²) in [5.41, 5.74) is 0.428. The van der Waals surface area contributed by atoms with Crippen molar-refractivity contribution in [3.63, 3.8) is 0 Å². The van der Waals surface area contributed by atoms with Crippen LogP contribution in [0.25, 0.3) is 0 Å². The Hall–Kier alpha value is -0.220. The molecule has 1 aliphatic carbocycles. The largest absolute Gasteiger partial charge is 0.354 e. The Labute approximate surface area is 102 Å². The number of hydrogen-bond acceptors (Lipinski definition) is 3. The van der Waals surface area contributed by atoms with Crippen LogP contribution in [0.15, 0.2) is 0 Å². The topological polar surface area (TPSA) is 41.1 Å². The van der Waals surface area contributed by atoms with Gasteiger partial charge in [0.25, 0.3) is 0 Å². The van der Waals surface area contributed by atoms with Crippen LogP contribution >= 0.6 is 11.8 Å². The minimum atomic E-state index is 0.0349. The van der Waals surface area contributed by atoms with Crippen LogP contribution in [-0.4, -0.2) is 36.5 Å². The van der Waals surface area contributed by atoms with Crippen LogP contribution in [-0.2, 0) is 4.79 Å². The van der Waals surface area contributed by atoms with Crippen molar-refractivity contribution >= 4 is 17.7 Å². The molecule has 1 atom stereocenters. The second-order valence-electron chi connectivity index (χ2n) is 5.01. The fraction of sp³-hybridized carbons (Fsp3) is 0.917. The molecule has 2 aliphatic rings. The van der Waals surface area contributed by atoms with Crippen LogP contribution in [0.3, 0.4) is 0 Å². The highest BCUT2D eigenvalue weighted by Gasteiger charge is 2.35. The molecule has 0 aromatic heterocycles. The van der Waals surface area contributed by atoms with Gasteiger partial charge in [0.2, 0.25) is 5.91 Å². The van der Waals surface area contributed by atoms with Crippen molar-refractivity contribution in [2.75, 3.05) is 24.6 Å². The van der Waals surface area contributed by atoms with E-state index >= 15 is 0 Å². The summed E-state index contributed by atoms with van der Waals surface area (Å²) in [7, 11) is 0. The molecular formula is C12H22N2OS. The van der Waals surface area contributed by atoms with Crippen LogP contribution in [0, 0.1) is 5.41 Å². The van der Waals surface area contributed by atoms with Gasteiger partial charge in [-0.25, -0.2) is 0 Å². The number of amides is 1. The van der Waals surface area contributed by atoms with Gasteiger partial charge in [0.1, 0.15) is 0 Å². The van der Waals surface area contributed by atoms with Crippen LogP contribution in [0.2, 0.25) is 0 Å². The van der Waals surface area contributed by atoms with Crippen molar-refractivity contribution in [3.8, 4) is 0 Å². The van der Waals surface area contributed by atoms with Crippen molar-refractivity contribution in [2.24, 2.45) is 5.41 Å². The average Bonchev–Trinajstić information content (AvgIpc) is 2.29.